The Labute approximate surface area is 252 Å². The van der Waals surface area contributed by atoms with Gasteiger partial charge in [0, 0.05) is 6.42 Å². The van der Waals surface area contributed by atoms with Gasteiger partial charge in [-0.3, -0.25) is 4.79 Å². The predicted molar refractivity (Wildman–Crippen MR) is 171 cm³/mol. The summed E-state index contributed by atoms with van der Waals surface area (Å²) in [6.45, 7) is 12.6. The third-order valence-electron chi connectivity index (χ3n) is 12.1. The molecule has 3 saturated carbocycles. The molecule has 0 aliphatic heterocycles. The van der Waals surface area contributed by atoms with Crippen LogP contribution in [0.5, 0.6) is 0 Å². The average molecular weight is 645 g/mol. The van der Waals surface area contributed by atoms with Crippen LogP contribution in [0.25, 0.3) is 0 Å². The summed E-state index contributed by atoms with van der Waals surface area (Å²) in [7, 11) is 0. The minimum atomic E-state index is -0.123. The average Bonchev–Trinajstić information content (AvgIpc) is 3.26. The molecule has 0 aromatic heterocycles. The number of ether oxygens (including phenoxy) is 1. The molecule has 4 aliphatic carbocycles. The molecule has 1 aromatic carbocycles. The van der Waals surface area contributed by atoms with Gasteiger partial charge in [0.2, 0.25) is 0 Å². The molecule has 0 N–H and O–H groups in total. The molecule has 0 amide bonds. The smallest absolute Gasteiger partial charge is 0.319 e. The number of benzene rings is 1. The summed E-state index contributed by atoms with van der Waals surface area (Å²) in [5.41, 5.74) is 3.67. The molecule has 2 nitrogen and oxygen atoms in total. The highest BCUT2D eigenvalue weighted by atomic mass is 127. The van der Waals surface area contributed by atoms with E-state index in [1.54, 1.807) is 5.57 Å². The van der Waals surface area contributed by atoms with Crippen LogP contribution in [0.4, 0.5) is 0 Å². The molecule has 9 atom stereocenters. The van der Waals surface area contributed by atoms with Crippen LogP contribution in [-0.4, -0.2) is 16.0 Å². The van der Waals surface area contributed by atoms with Gasteiger partial charge in [-0.25, -0.2) is 0 Å². The van der Waals surface area contributed by atoms with E-state index in [1.165, 1.54) is 63.4 Å². The Morgan fingerprint density at radius 2 is 1.77 bits per heavy atom. The summed E-state index contributed by atoms with van der Waals surface area (Å²) in [5.74, 6) is 5.16. The number of hydrogen-bond acceptors (Lipinski definition) is 2. The number of halogens is 1. The van der Waals surface area contributed by atoms with Crippen LogP contribution >= 0.6 is 22.6 Å². The Morgan fingerprint density at radius 1 is 1.00 bits per heavy atom. The Kier molecular flexibility index (Phi) is 9.26. The van der Waals surface area contributed by atoms with Gasteiger partial charge >= 0.3 is 5.97 Å². The van der Waals surface area contributed by atoms with Crippen molar-refractivity contribution in [1.29, 1.82) is 0 Å². The normalized spacial score (nSPS) is 37.3. The Balaban J connectivity index is 1.21. The minimum Gasteiger partial charge on any atom is -0.461 e. The van der Waals surface area contributed by atoms with Crippen molar-refractivity contribution in [3.63, 3.8) is 0 Å². The summed E-state index contributed by atoms with van der Waals surface area (Å²) in [5, 5.41) is 0. The van der Waals surface area contributed by atoms with Gasteiger partial charge in [-0.2, -0.15) is 0 Å². The van der Waals surface area contributed by atoms with Crippen molar-refractivity contribution in [2.45, 2.75) is 122 Å². The van der Waals surface area contributed by atoms with Crippen LogP contribution in [0.15, 0.2) is 42.0 Å². The standard InChI is InChI=1S/C36H53IO2/c1-24(2)10-9-11-25(3)30-16-17-31-29-15-14-27-23-28(18-20-35(27,4)32(29)19-21-36(30,31)5)39-34(38)33(37)22-26-12-7-6-8-13-26/h6-8,12-14,24-25,28-33H,9-11,15-23H2,1-5H3. The first-order chi connectivity index (χ1) is 18.6. The number of carbonyl (C=O) groups excluding carboxylic acids is 1. The van der Waals surface area contributed by atoms with Gasteiger partial charge in [-0.1, -0.05) is 118 Å². The van der Waals surface area contributed by atoms with Crippen molar-refractivity contribution >= 4 is 28.6 Å². The number of alkyl halides is 1. The quantitative estimate of drug-likeness (QED) is 0.116. The number of fused-ring (bicyclic) bond motifs is 5. The number of carbonyl (C=O) groups is 1. The highest BCUT2D eigenvalue weighted by molar-refractivity contribution is 14.1. The fourth-order valence-corrected chi connectivity index (χ4v) is 10.6. The van der Waals surface area contributed by atoms with Gasteiger partial charge in [0.05, 0.1) is 0 Å². The lowest BCUT2D eigenvalue weighted by molar-refractivity contribution is -0.150. The van der Waals surface area contributed by atoms with E-state index in [9.17, 15) is 4.79 Å². The second kappa shape index (κ2) is 12.2. The summed E-state index contributed by atoms with van der Waals surface area (Å²) < 4.78 is 6.02. The lowest BCUT2D eigenvalue weighted by Gasteiger charge is -2.58. The van der Waals surface area contributed by atoms with Gasteiger partial charge in [0.15, 0.2) is 0 Å². The van der Waals surface area contributed by atoms with Crippen molar-refractivity contribution in [3.05, 3.63) is 47.5 Å². The topological polar surface area (TPSA) is 26.3 Å². The van der Waals surface area contributed by atoms with E-state index < -0.39 is 0 Å². The maximum absolute atomic E-state index is 13.0. The summed E-state index contributed by atoms with van der Waals surface area (Å²) >= 11 is 2.27. The van der Waals surface area contributed by atoms with Crippen molar-refractivity contribution in [2.75, 3.05) is 0 Å². The molecule has 39 heavy (non-hydrogen) atoms. The third kappa shape index (κ3) is 6.05. The molecular weight excluding hydrogens is 591 g/mol. The molecule has 0 bridgehead atoms. The monoisotopic (exact) mass is 644 g/mol. The van der Waals surface area contributed by atoms with Crippen LogP contribution in [-0.2, 0) is 16.0 Å². The molecule has 0 spiro atoms. The predicted octanol–water partition coefficient (Wildman–Crippen LogP) is 9.99. The van der Waals surface area contributed by atoms with Crippen molar-refractivity contribution in [3.8, 4) is 0 Å². The van der Waals surface area contributed by atoms with Gasteiger partial charge in [0.25, 0.3) is 0 Å². The van der Waals surface area contributed by atoms with E-state index in [4.69, 9.17) is 4.74 Å². The number of allylic oxidation sites excluding steroid dienone is 1. The maximum Gasteiger partial charge on any atom is 0.319 e. The summed E-state index contributed by atoms with van der Waals surface area (Å²) in [4.78, 5) is 13.0. The zero-order chi connectivity index (χ0) is 27.8. The fraction of sp³-hybridized carbons (Fsp3) is 0.750. The van der Waals surface area contributed by atoms with E-state index in [2.05, 4.69) is 75.4 Å². The number of hydrogen-bond donors (Lipinski definition) is 0. The van der Waals surface area contributed by atoms with Gasteiger partial charge in [-0.15, -0.1) is 0 Å². The molecule has 3 heteroatoms. The van der Waals surface area contributed by atoms with Crippen molar-refractivity contribution in [2.24, 2.45) is 46.3 Å². The maximum atomic E-state index is 13.0. The van der Waals surface area contributed by atoms with Crippen LogP contribution in [0.2, 0.25) is 0 Å². The highest BCUT2D eigenvalue weighted by Gasteiger charge is 2.59. The first-order valence-corrected chi connectivity index (χ1v) is 17.4. The molecule has 0 heterocycles. The molecule has 4 aliphatic rings. The molecule has 0 saturated heterocycles. The highest BCUT2D eigenvalue weighted by Crippen LogP contribution is 2.67. The zero-order valence-electron chi connectivity index (χ0n) is 25.3. The lowest BCUT2D eigenvalue weighted by Crippen LogP contribution is -2.51. The number of rotatable bonds is 9. The van der Waals surface area contributed by atoms with Crippen LogP contribution < -0.4 is 0 Å². The van der Waals surface area contributed by atoms with Gasteiger partial charge in [-0.05, 0) is 103 Å². The lowest BCUT2D eigenvalue weighted by atomic mass is 9.47. The minimum absolute atomic E-state index is 0.0321. The first-order valence-electron chi connectivity index (χ1n) is 16.2. The second-order valence-corrected chi connectivity index (χ2v) is 16.3. The Morgan fingerprint density at radius 3 is 2.51 bits per heavy atom. The SMILES string of the molecule is CC(C)CCCC(C)C1CCC2C3CC=C4CC(OC(=O)C(I)Cc5ccccc5)CCC4(C)C3CCC12C. The van der Waals surface area contributed by atoms with E-state index in [1.807, 2.05) is 18.2 Å². The van der Waals surface area contributed by atoms with Gasteiger partial charge < -0.3 is 4.74 Å². The molecule has 1 aromatic rings. The molecule has 9 unspecified atom stereocenters. The summed E-state index contributed by atoms with van der Waals surface area (Å²) in [6.07, 6.45) is 17.8. The Bertz CT molecular complexity index is 1020. The van der Waals surface area contributed by atoms with Crippen LogP contribution in [0.1, 0.15) is 111 Å². The zero-order valence-corrected chi connectivity index (χ0v) is 27.4. The second-order valence-electron chi connectivity index (χ2n) is 14.7. The summed E-state index contributed by atoms with van der Waals surface area (Å²) in [6, 6.07) is 10.3. The van der Waals surface area contributed by atoms with E-state index >= 15 is 0 Å². The van der Waals surface area contributed by atoms with Crippen LogP contribution in [0, 0.1) is 46.3 Å². The third-order valence-corrected chi connectivity index (χ3v) is 13.0. The largest absolute Gasteiger partial charge is 0.461 e. The van der Waals surface area contributed by atoms with Crippen LogP contribution in [0.3, 0.4) is 0 Å². The van der Waals surface area contributed by atoms with Crippen molar-refractivity contribution in [1.82, 2.24) is 0 Å². The van der Waals surface area contributed by atoms with E-state index in [0.29, 0.717) is 10.8 Å². The molecule has 5 rings (SSSR count). The molecule has 216 valence electrons. The van der Waals surface area contributed by atoms with E-state index in [-0.39, 0.29) is 16.0 Å². The first kappa shape index (κ1) is 29.6. The number of esters is 1. The Hall–Kier alpha value is -0.840. The molecular formula is C36H53IO2. The fourth-order valence-electron chi connectivity index (χ4n) is 9.90. The van der Waals surface area contributed by atoms with Gasteiger partial charge in [0.1, 0.15) is 10.0 Å². The van der Waals surface area contributed by atoms with E-state index in [0.717, 1.165) is 54.8 Å². The molecule has 0 radical (unpaired) electrons. The molecule has 3 fully saturated rings. The van der Waals surface area contributed by atoms with Crippen molar-refractivity contribution < 1.29 is 9.53 Å².